The molecule has 0 aliphatic heterocycles. The van der Waals surface area contributed by atoms with Gasteiger partial charge in [0.25, 0.3) is 5.91 Å². The Bertz CT molecular complexity index is 533. The lowest BCUT2D eigenvalue weighted by atomic mass is 9.96. The molecule has 25 heavy (non-hydrogen) atoms. The van der Waals surface area contributed by atoms with Gasteiger partial charge in [0.1, 0.15) is 11.4 Å². The number of carbonyl (C=O) groups excluding carboxylic acids is 1. The standard InChI is InChI=1S/C21H35NO3/c1-7-9-11-12-21(5,24-6)20(23)22-18-14-16(3)19(17(4)15-18)25-13-10-8-2/h14-15H,7-13H2,1-6H3,(H,22,23)/t21-/m1/s1. The summed E-state index contributed by atoms with van der Waals surface area (Å²) in [6.07, 6.45) is 6.09. The largest absolute Gasteiger partial charge is 0.493 e. The number of amides is 1. The van der Waals surface area contributed by atoms with Crippen LogP contribution in [0.4, 0.5) is 5.69 Å². The molecule has 142 valence electrons. The van der Waals surface area contributed by atoms with Gasteiger partial charge in [-0.05, 0) is 56.9 Å². The van der Waals surface area contributed by atoms with Gasteiger partial charge in [0.05, 0.1) is 6.61 Å². The molecule has 0 heterocycles. The number of hydrogen-bond acceptors (Lipinski definition) is 3. The fourth-order valence-corrected chi connectivity index (χ4v) is 2.85. The van der Waals surface area contributed by atoms with Crippen molar-refractivity contribution >= 4 is 11.6 Å². The highest BCUT2D eigenvalue weighted by atomic mass is 16.5. The van der Waals surface area contributed by atoms with Crippen LogP contribution in [0.3, 0.4) is 0 Å². The fourth-order valence-electron chi connectivity index (χ4n) is 2.85. The lowest BCUT2D eigenvalue weighted by Gasteiger charge is -2.27. The first-order chi connectivity index (χ1) is 11.9. The summed E-state index contributed by atoms with van der Waals surface area (Å²) in [5, 5.41) is 3.02. The van der Waals surface area contributed by atoms with Crippen LogP contribution >= 0.6 is 0 Å². The average Bonchev–Trinajstić information content (AvgIpc) is 2.57. The first-order valence-electron chi connectivity index (χ1n) is 9.48. The Hall–Kier alpha value is -1.55. The average molecular weight is 350 g/mol. The van der Waals surface area contributed by atoms with Gasteiger partial charge in [-0.2, -0.15) is 0 Å². The van der Waals surface area contributed by atoms with Crippen LogP contribution < -0.4 is 10.1 Å². The number of anilines is 1. The number of benzene rings is 1. The van der Waals surface area contributed by atoms with E-state index in [4.69, 9.17) is 9.47 Å². The topological polar surface area (TPSA) is 47.6 Å². The molecule has 1 aromatic rings. The molecule has 0 aromatic heterocycles. The van der Waals surface area contributed by atoms with Crippen LogP contribution in [0.25, 0.3) is 0 Å². The van der Waals surface area contributed by atoms with E-state index in [-0.39, 0.29) is 5.91 Å². The van der Waals surface area contributed by atoms with Crippen molar-refractivity contribution in [3.63, 3.8) is 0 Å². The zero-order chi connectivity index (χ0) is 18.9. The van der Waals surface area contributed by atoms with Crippen molar-refractivity contribution in [3.05, 3.63) is 23.3 Å². The minimum Gasteiger partial charge on any atom is -0.493 e. The second kappa shape index (κ2) is 10.4. The van der Waals surface area contributed by atoms with Crippen LogP contribution in [0.2, 0.25) is 0 Å². The lowest BCUT2D eigenvalue weighted by molar-refractivity contribution is -0.136. The second-order valence-corrected chi connectivity index (χ2v) is 6.99. The maximum absolute atomic E-state index is 12.7. The predicted octanol–water partition coefficient (Wildman–Crippen LogP) is 5.41. The number of nitrogens with one attached hydrogen (secondary N) is 1. The van der Waals surface area contributed by atoms with Gasteiger partial charge in [0, 0.05) is 12.8 Å². The fraction of sp³-hybridized carbons (Fsp3) is 0.667. The molecule has 1 N–H and O–H groups in total. The second-order valence-electron chi connectivity index (χ2n) is 6.99. The molecule has 0 unspecified atom stereocenters. The number of rotatable bonds is 11. The Morgan fingerprint density at radius 1 is 1.08 bits per heavy atom. The van der Waals surface area contributed by atoms with Crippen molar-refractivity contribution in [3.8, 4) is 5.75 Å². The van der Waals surface area contributed by atoms with Gasteiger partial charge < -0.3 is 14.8 Å². The summed E-state index contributed by atoms with van der Waals surface area (Å²) >= 11 is 0. The van der Waals surface area contributed by atoms with Crippen LogP contribution in [0, 0.1) is 13.8 Å². The van der Waals surface area contributed by atoms with E-state index >= 15 is 0 Å². The van der Waals surface area contributed by atoms with Gasteiger partial charge in [0.2, 0.25) is 0 Å². The van der Waals surface area contributed by atoms with E-state index in [0.29, 0.717) is 0 Å². The van der Waals surface area contributed by atoms with Crippen LogP contribution in [0.5, 0.6) is 5.75 Å². The number of methoxy groups -OCH3 is 1. The van der Waals surface area contributed by atoms with Gasteiger partial charge in [-0.15, -0.1) is 0 Å². The molecule has 0 saturated carbocycles. The summed E-state index contributed by atoms with van der Waals surface area (Å²) in [5.74, 6) is 0.827. The molecule has 4 nitrogen and oxygen atoms in total. The molecule has 1 atom stereocenters. The highest BCUT2D eigenvalue weighted by Gasteiger charge is 2.32. The Morgan fingerprint density at radius 3 is 2.20 bits per heavy atom. The highest BCUT2D eigenvalue weighted by molar-refractivity contribution is 5.97. The molecule has 1 rings (SSSR count). The number of unbranched alkanes of at least 4 members (excludes halogenated alkanes) is 3. The number of carbonyl (C=O) groups is 1. The zero-order valence-corrected chi connectivity index (χ0v) is 16.8. The molecular weight excluding hydrogens is 314 g/mol. The molecule has 1 amide bonds. The molecule has 0 fully saturated rings. The molecule has 1 aromatic carbocycles. The molecule has 0 bridgehead atoms. The maximum Gasteiger partial charge on any atom is 0.256 e. The third-order valence-corrected chi connectivity index (χ3v) is 4.65. The first kappa shape index (κ1) is 21.5. The number of hydrogen-bond donors (Lipinski definition) is 1. The van der Waals surface area contributed by atoms with E-state index in [1.807, 2.05) is 32.9 Å². The predicted molar refractivity (Wildman–Crippen MR) is 105 cm³/mol. The normalized spacial score (nSPS) is 13.4. The summed E-state index contributed by atoms with van der Waals surface area (Å²) in [4.78, 5) is 12.7. The highest BCUT2D eigenvalue weighted by Crippen LogP contribution is 2.29. The monoisotopic (exact) mass is 349 g/mol. The first-order valence-corrected chi connectivity index (χ1v) is 9.48. The number of ether oxygens (including phenoxy) is 2. The Labute approximate surface area is 153 Å². The van der Waals surface area contributed by atoms with Crippen molar-refractivity contribution in [1.29, 1.82) is 0 Å². The van der Waals surface area contributed by atoms with E-state index in [1.54, 1.807) is 7.11 Å². The molecule has 0 aliphatic rings. The third kappa shape index (κ3) is 6.35. The molecule has 0 aliphatic carbocycles. The summed E-state index contributed by atoms with van der Waals surface area (Å²) < 4.78 is 11.4. The lowest BCUT2D eigenvalue weighted by Crippen LogP contribution is -2.42. The van der Waals surface area contributed by atoms with Crippen molar-refractivity contribution < 1.29 is 14.3 Å². The van der Waals surface area contributed by atoms with Crippen molar-refractivity contribution in [2.45, 2.75) is 78.7 Å². The quantitative estimate of drug-likeness (QED) is 0.544. The SMILES string of the molecule is CCCCC[C@@](C)(OC)C(=O)Nc1cc(C)c(OCCCC)c(C)c1. The third-order valence-electron chi connectivity index (χ3n) is 4.65. The van der Waals surface area contributed by atoms with E-state index in [1.165, 1.54) is 0 Å². The van der Waals surface area contributed by atoms with Crippen LogP contribution in [-0.4, -0.2) is 25.2 Å². The Kier molecular flexibility index (Phi) is 8.98. The smallest absolute Gasteiger partial charge is 0.256 e. The molecule has 4 heteroatoms. The van der Waals surface area contributed by atoms with E-state index in [2.05, 4.69) is 19.2 Å². The minimum absolute atomic E-state index is 0.0930. The van der Waals surface area contributed by atoms with Gasteiger partial charge >= 0.3 is 0 Å². The zero-order valence-electron chi connectivity index (χ0n) is 16.8. The summed E-state index contributed by atoms with van der Waals surface area (Å²) in [6.45, 7) is 10.9. The van der Waals surface area contributed by atoms with Crippen molar-refractivity contribution in [2.75, 3.05) is 19.0 Å². The summed E-state index contributed by atoms with van der Waals surface area (Å²) in [6, 6.07) is 3.93. The Balaban J connectivity index is 2.82. The van der Waals surface area contributed by atoms with E-state index < -0.39 is 5.60 Å². The van der Waals surface area contributed by atoms with Gasteiger partial charge in [-0.3, -0.25) is 4.79 Å². The molecule has 0 spiro atoms. The molecule has 0 radical (unpaired) electrons. The van der Waals surface area contributed by atoms with Crippen LogP contribution in [0.1, 0.15) is 70.4 Å². The van der Waals surface area contributed by atoms with E-state index in [9.17, 15) is 4.79 Å². The van der Waals surface area contributed by atoms with Gasteiger partial charge in [0.15, 0.2) is 0 Å². The van der Waals surface area contributed by atoms with Crippen LogP contribution in [-0.2, 0) is 9.53 Å². The van der Waals surface area contributed by atoms with Gasteiger partial charge in [-0.1, -0.05) is 39.5 Å². The minimum atomic E-state index is -0.798. The maximum atomic E-state index is 12.7. The van der Waals surface area contributed by atoms with Gasteiger partial charge in [-0.25, -0.2) is 0 Å². The summed E-state index contributed by atoms with van der Waals surface area (Å²) in [5.41, 5.74) is 2.07. The van der Waals surface area contributed by atoms with Crippen LogP contribution in [0.15, 0.2) is 12.1 Å². The summed E-state index contributed by atoms with van der Waals surface area (Å²) in [7, 11) is 1.60. The van der Waals surface area contributed by atoms with Crippen molar-refractivity contribution in [1.82, 2.24) is 0 Å². The Morgan fingerprint density at radius 2 is 1.68 bits per heavy atom. The van der Waals surface area contributed by atoms with Crippen molar-refractivity contribution in [2.24, 2.45) is 0 Å². The molecule has 0 saturated heterocycles. The van der Waals surface area contributed by atoms with E-state index in [0.717, 1.165) is 67.7 Å². The number of aryl methyl sites for hydroxylation is 2. The molecular formula is C21H35NO3.